The van der Waals surface area contributed by atoms with Gasteiger partial charge in [0.1, 0.15) is 6.33 Å². The maximum Gasteiger partial charge on any atom is 0.203 e. The molecule has 6 heteroatoms. The average molecular weight is 234 g/mol. The van der Waals surface area contributed by atoms with E-state index >= 15 is 0 Å². The third kappa shape index (κ3) is 2.36. The van der Waals surface area contributed by atoms with Crippen LogP contribution in [0.5, 0.6) is 0 Å². The normalized spacial score (nSPS) is 12.0. The van der Waals surface area contributed by atoms with Crippen molar-refractivity contribution in [3.05, 3.63) is 18.7 Å². The Kier molecular flexibility index (Phi) is 2.97. The summed E-state index contributed by atoms with van der Waals surface area (Å²) in [6, 6.07) is 0. The maximum atomic E-state index is 5.75. The van der Waals surface area contributed by atoms with Crippen LogP contribution in [0.25, 0.3) is 5.65 Å². The zero-order valence-electron chi connectivity index (χ0n) is 10.5. The number of hydrogen-bond acceptors (Lipinski definition) is 5. The topological polar surface area (TPSA) is 72.3 Å². The van der Waals surface area contributed by atoms with E-state index < -0.39 is 0 Å². The van der Waals surface area contributed by atoms with Crippen LogP contribution in [0, 0.1) is 5.41 Å². The molecule has 0 spiro atoms. The number of rotatable bonds is 4. The van der Waals surface area contributed by atoms with E-state index in [2.05, 4.69) is 33.9 Å². The number of anilines is 1. The van der Waals surface area contributed by atoms with Crippen molar-refractivity contribution in [2.75, 3.05) is 25.0 Å². The summed E-state index contributed by atoms with van der Waals surface area (Å²) >= 11 is 0. The molecule has 0 radical (unpaired) electrons. The van der Waals surface area contributed by atoms with E-state index in [0.29, 0.717) is 6.54 Å². The van der Waals surface area contributed by atoms with Crippen LogP contribution in [-0.2, 0) is 0 Å². The number of aromatic nitrogens is 4. The van der Waals surface area contributed by atoms with Crippen molar-refractivity contribution >= 4 is 11.5 Å². The van der Waals surface area contributed by atoms with Crippen molar-refractivity contribution in [3.8, 4) is 0 Å². The first kappa shape index (κ1) is 11.8. The fraction of sp³-hybridized carbons (Fsp3) is 0.545. The smallest absolute Gasteiger partial charge is 0.203 e. The lowest BCUT2D eigenvalue weighted by atomic mass is 9.93. The molecule has 17 heavy (non-hydrogen) atoms. The van der Waals surface area contributed by atoms with Crippen molar-refractivity contribution in [1.82, 2.24) is 19.6 Å². The Labute approximate surface area is 100 Å². The summed E-state index contributed by atoms with van der Waals surface area (Å²) in [4.78, 5) is 6.43. The van der Waals surface area contributed by atoms with Gasteiger partial charge in [0, 0.05) is 26.0 Å². The number of fused-ring (bicyclic) bond motifs is 1. The maximum absolute atomic E-state index is 5.75. The van der Waals surface area contributed by atoms with Gasteiger partial charge < -0.3 is 10.6 Å². The Morgan fingerprint density at radius 1 is 1.47 bits per heavy atom. The molecule has 0 fully saturated rings. The molecule has 0 saturated carbocycles. The Bertz CT molecular complexity index is 503. The largest absolute Gasteiger partial charge is 0.356 e. The van der Waals surface area contributed by atoms with E-state index in [0.717, 1.165) is 18.0 Å². The zero-order chi connectivity index (χ0) is 12.5. The van der Waals surface area contributed by atoms with Crippen LogP contribution >= 0.6 is 0 Å². The van der Waals surface area contributed by atoms with Crippen LogP contribution in [0.1, 0.15) is 13.8 Å². The highest BCUT2D eigenvalue weighted by atomic mass is 15.3. The quantitative estimate of drug-likeness (QED) is 0.836. The first-order valence-corrected chi connectivity index (χ1v) is 5.59. The molecule has 0 unspecified atom stereocenters. The van der Waals surface area contributed by atoms with Gasteiger partial charge in [-0.1, -0.05) is 13.8 Å². The predicted octanol–water partition coefficient (Wildman–Crippen LogP) is 0.545. The molecule has 0 amide bonds. The van der Waals surface area contributed by atoms with Gasteiger partial charge in [0.2, 0.25) is 5.65 Å². The summed E-state index contributed by atoms with van der Waals surface area (Å²) < 4.78 is 1.86. The minimum absolute atomic E-state index is 0.0449. The van der Waals surface area contributed by atoms with Gasteiger partial charge in [-0.15, -0.1) is 10.2 Å². The molecule has 92 valence electrons. The van der Waals surface area contributed by atoms with E-state index in [1.807, 2.05) is 17.6 Å². The molecular formula is C11H18N6. The molecular weight excluding hydrogens is 216 g/mol. The summed E-state index contributed by atoms with van der Waals surface area (Å²) in [5.74, 6) is 0.825. The second-order valence-corrected chi connectivity index (χ2v) is 5.04. The highest BCUT2D eigenvalue weighted by Gasteiger charge is 2.20. The predicted molar refractivity (Wildman–Crippen MR) is 66.9 cm³/mol. The lowest BCUT2D eigenvalue weighted by Gasteiger charge is -2.29. The molecule has 0 aromatic carbocycles. The van der Waals surface area contributed by atoms with E-state index in [-0.39, 0.29) is 5.41 Å². The molecule has 2 aromatic heterocycles. The van der Waals surface area contributed by atoms with Gasteiger partial charge in [-0.2, -0.15) is 0 Å². The van der Waals surface area contributed by atoms with Gasteiger partial charge in [-0.05, 0) is 12.0 Å². The summed E-state index contributed by atoms with van der Waals surface area (Å²) in [5, 5.41) is 7.96. The van der Waals surface area contributed by atoms with Gasteiger partial charge in [0.05, 0.1) is 0 Å². The second-order valence-electron chi connectivity index (χ2n) is 5.04. The van der Waals surface area contributed by atoms with Crippen LogP contribution in [0.15, 0.2) is 18.7 Å². The fourth-order valence-electron chi connectivity index (χ4n) is 1.80. The van der Waals surface area contributed by atoms with Crippen molar-refractivity contribution < 1.29 is 0 Å². The lowest BCUT2D eigenvalue weighted by Crippen LogP contribution is -2.37. The van der Waals surface area contributed by atoms with Crippen molar-refractivity contribution in [1.29, 1.82) is 0 Å². The molecule has 2 rings (SSSR count). The molecule has 0 bridgehead atoms. The summed E-state index contributed by atoms with van der Waals surface area (Å²) in [7, 11) is 1.99. The van der Waals surface area contributed by atoms with Gasteiger partial charge >= 0.3 is 0 Å². The molecule has 2 heterocycles. The highest BCUT2D eigenvalue weighted by molar-refractivity contribution is 5.62. The minimum Gasteiger partial charge on any atom is -0.356 e. The van der Waals surface area contributed by atoms with Crippen LogP contribution < -0.4 is 10.6 Å². The molecule has 0 atom stereocenters. The van der Waals surface area contributed by atoms with E-state index in [4.69, 9.17) is 5.73 Å². The standard InChI is InChI=1S/C11H18N6/c1-11(2,6-12)7-16(3)9-10-15-14-8-17(10)5-4-13-9/h4-5,8H,6-7,12H2,1-3H3. The zero-order valence-corrected chi connectivity index (χ0v) is 10.5. The molecule has 6 nitrogen and oxygen atoms in total. The number of hydrogen-bond donors (Lipinski definition) is 1. The lowest BCUT2D eigenvalue weighted by molar-refractivity contribution is 0.384. The van der Waals surface area contributed by atoms with Gasteiger partial charge in [0.15, 0.2) is 5.82 Å². The van der Waals surface area contributed by atoms with Crippen LogP contribution in [0.3, 0.4) is 0 Å². The fourth-order valence-corrected chi connectivity index (χ4v) is 1.80. The first-order chi connectivity index (χ1) is 8.03. The summed E-state index contributed by atoms with van der Waals surface area (Å²) in [5.41, 5.74) is 6.56. The van der Waals surface area contributed by atoms with Crippen molar-refractivity contribution in [2.45, 2.75) is 13.8 Å². The number of nitrogens with zero attached hydrogens (tertiary/aromatic N) is 5. The third-order valence-electron chi connectivity index (χ3n) is 2.78. The second kappa shape index (κ2) is 4.29. The molecule has 2 aromatic rings. The first-order valence-electron chi connectivity index (χ1n) is 5.59. The van der Waals surface area contributed by atoms with Gasteiger partial charge in [-0.3, -0.25) is 4.40 Å². The minimum atomic E-state index is 0.0449. The summed E-state index contributed by atoms with van der Waals surface area (Å²) in [6.45, 7) is 5.72. The van der Waals surface area contributed by atoms with Crippen LogP contribution in [0.2, 0.25) is 0 Å². The molecule has 0 aliphatic heterocycles. The van der Waals surface area contributed by atoms with Crippen molar-refractivity contribution in [2.24, 2.45) is 11.1 Å². The Morgan fingerprint density at radius 2 is 2.24 bits per heavy atom. The highest BCUT2D eigenvalue weighted by Crippen LogP contribution is 2.20. The van der Waals surface area contributed by atoms with Crippen LogP contribution in [0.4, 0.5) is 5.82 Å². The Balaban J connectivity index is 2.30. The summed E-state index contributed by atoms with van der Waals surface area (Å²) in [6.07, 6.45) is 5.25. The van der Waals surface area contributed by atoms with Gasteiger partial charge in [0.25, 0.3) is 0 Å². The Hall–Kier alpha value is -1.69. The van der Waals surface area contributed by atoms with E-state index in [9.17, 15) is 0 Å². The monoisotopic (exact) mass is 234 g/mol. The molecule has 2 N–H and O–H groups in total. The average Bonchev–Trinajstić information content (AvgIpc) is 2.76. The van der Waals surface area contributed by atoms with Crippen LogP contribution in [-0.4, -0.2) is 39.7 Å². The van der Waals surface area contributed by atoms with E-state index in [1.165, 1.54) is 0 Å². The number of nitrogens with two attached hydrogens (primary N) is 1. The third-order valence-corrected chi connectivity index (χ3v) is 2.78. The van der Waals surface area contributed by atoms with Gasteiger partial charge in [-0.25, -0.2) is 4.98 Å². The molecule has 0 aliphatic carbocycles. The van der Waals surface area contributed by atoms with Crippen molar-refractivity contribution in [3.63, 3.8) is 0 Å². The van der Waals surface area contributed by atoms with E-state index in [1.54, 1.807) is 12.5 Å². The SMILES string of the molecule is CN(CC(C)(C)CN)c1nccn2cnnc12. The molecule has 0 aliphatic rings. The Morgan fingerprint density at radius 3 is 2.94 bits per heavy atom. The molecule has 0 saturated heterocycles.